The van der Waals surface area contributed by atoms with E-state index < -0.39 is 23.4 Å². The van der Waals surface area contributed by atoms with Crippen molar-refractivity contribution in [2.24, 2.45) is 28.6 Å². The standard InChI is InChI=1S/C29H40ClFN2O5/c1-28(8-3-9-28)15-32-26(35)23-16-4-5-17(12-16)24(23)33-25(34)19-13-22(21(31)14-20(19)30)38-18-6-10-29(2,11-7-18)27(36)37/h13-14,16-18,23-25,33-34H,3-12,15H2,1-2H3,(H,32,35)(H,36,37)/t16-,17+,18?,23+,24-,25?,29?/m1/s1. The predicted octanol–water partition coefficient (Wildman–Crippen LogP) is 5.19. The van der Waals surface area contributed by atoms with Gasteiger partial charge in [0.15, 0.2) is 11.6 Å². The molecule has 0 spiro atoms. The zero-order valence-corrected chi connectivity index (χ0v) is 23.0. The molecule has 1 aromatic carbocycles. The van der Waals surface area contributed by atoms with Gasteiger partial charge in [-0.2, -0.15) is 0 Å². The van der Waals surface area contributed by atoms with Crippen LogP contribution in [0.3, 0.4) is 0 Å². The molecule has 7 nitrogen and oxygen atoms in total. The summed E-state index contributed by atoms with van der Waals surface area (Å²) in [6, 6.07) is 2.39. The van der Waals surface area contributed by atoms with E-state index in [1.165, 1.54) is 12.5 Å². The van der Waals surface area contributed by atoms with Crippen LogP contribution in [0.5, 0.6) is 5.75 Å². The Labute approximate surface area is 228 Å². The molecule has 4 aliphatic rings. The van der Waals surface area contributed by atoms with Gasteiger partial charge in [-0.25, -0.2) is 4.39 Å². The first-order valence-electron chi connectivity index (χ1n) is 14.1. The van der Waals surface area contributed by atoms with E-state index in [1.54, 1.807) is 6.92 Å². The summed E-state index contributed by atoms with van der Waals surface area (Å²) < 4.78 is 20.7. The first kappa shape index (κ1) is 27.7. The van der Waals surface area contributed by atoms with Gasteiger partial charge in [0.25, 0.3) is 0 Å². The Morgan fingerprint density at radius 3 is 2.45 bits per heavy atom. The van der Waals surface area contributed by atoms with E-state index in [2.05, 4.69) is 17.6 Å². The number of rotatable bonds is 9. The second kappa shape index (κ2) is 10.6. The van der Waals surface area contributed by atoms with Crippen LogP contribution >= 0.6 is 11.6 Å². The second-order valence-electron chi connectivity index (χ2n) is 12.8. The van der Waals surface area contributed by atoms with Gasteiger partial charge < -0.3 is 20.3 Å². The van der Waals surface area contributed by atoms with Crippen LogP contribution < -0.4 is 15.4 Å². The van der Waals surface area contributed by atoms with Gasteiger partial charge >= 0.3 is 5.97 Å². The Kier molecular flexibility index (Phi) is 7.70. The van der Waals surface area contributed by atoms with Gasteiger partial charge in [0, 0.05) is 18.2 Å². The zero-order valence-electron chi connectivity index (χ0n) is 22.3. The number of halogens is 2. The maximum absolute atomic E-state index is 14.8. The summed E-state index contributed by atoms with van der Waals surface area (Å²) in [5.41, 5.74) is -0.292. The van der Waals surface area contributed by atoms with Crippen molar-refractivity contribution < 1.29 is 28.9 Å². The summed E-state index contributed by atoms with van der Waals surface area (Å²) in [5, 5.41) is 27.2. The zero-order chi connectivity index (χ0) is 27.2. The number of carbonyl (C=O) groups is 2. The number of fused-ring (bicyclic) bond motifs is 2. The minimum atomic E-state index is -1.18. The number of carboxylic acids is 1. The van der Waals surface area contributed by atoms with Crippen LogP contribution in [0, 0.1) is 34.4 Å². The molecule has 2 bridgehead atoms. The highest BCUT2D eigenvalue weighted by atomic mass is 35.5. The van der Waals surface area contributed by atoms with E-state index in [0.29, 0.717) is 49.6 Å². The lowest BCUT2D eigenvalue weighted by molar-refractivity contribution is -0.150. The second-order valence-corrected chi connectivity index (χ2v) is 13.2. The molecule has 5 atom stereocenters. The van der Waals surface area contributed by atoms with Gasteiger partial charge in [-0.15, -0.1) is 0 Å². The Morgan fingerprint density at radius 1 is 1.13 bits per heavy atom. The number of aliphatic carboxylic acids is 1. The van der Waals surface area contributed by atoms with Crippen molar-refractivity contribution in [1.82, 2.24) is 10.6 Å². The van der Waals surface area contributed by atoms with Crippen molar-refractivity contribution >= 4 is 23.5 Å². The number of amides is 1. The quantitative estimate of drug-likeness (QED) is 0.315. The lowest BCUT2D eigenvalue weighted by Crippen LogP contribution is -2.51. The Balaban J connectivity index is 1.25. The molecule has 210 valence electrons. The summed E-state index contributed by atoms with van der Waals surface area (Å²) >= 11 is 6.36. The molecule has 1 amide bonds. The molecule has 4 aliphatic carbocycles. The minimum Gasteiger partial charge on any atom is -0.487 e. The highest BCUT2D eigenvalue weighted by molar-refractivity contribution is 6.31. The molecule has 0 saturated heterocycles. The van der Waals surface area contributed by atoms with E-state index >= 15 is 0 Å². The SMILES string of the molecule is CC1(CNC(=O)[C@H]2[C@@H]3CC[C@@H](C3)[C@H]2NC(O)c2cc(OC3CCC(C)(C(=O)O)CC3)c(F)cc2Cl)CCC1. The van der Waals surface area contributed by atoms with Gasteiger partial charge in [-0.05, 0) is 94.1 Å². The molecule has 4 fully saturated rings. The maximum atomic E-state index is 14.8. The first-order chi connectivity index (χ1) is 18.0. The highest BCUT2D eigenvalue weighted by Crippen LogP contribution is 2.50. The van der Waals surface area contributed by atoms with Crippen LogP contribution in [0.4, 0.5) is 4.39 Å². The van der Waals surface area contributed by atoms with E-state index in [0.717, 1.165) is 38.2 Å². The molecule has 0 radical (unpaired) electrons. The summed E-state index contributed by atoms with van der Waals surface area (Å²) in [5.74, 6) is -1.03. The average molecular weight is 551 g/mol. The molecule has 1 unspecified atom stereocenters. The van der Waals surface area contributed by atoms with E-state index in [4.69, 9.17) is 16.3 Å². The highest BCUT2D eigenvalue weighted by Gasteiger charge is 2.51. The van der Waals surface area contributed by atoms with Gasteiger partial charge in [-0.3, -0.25) is 14.9 Å². The maximum Gasteiger partial charge on any atom is 0.309 e. The van der Waals surface area contributed by atoms with Crippen LogP contribution in [0.25, 0.3) is 0 Å². The molecule has 4 saturated carbocycles. The number of benzene rings is 1. The molecule has 38 heavy (non-hydrogen) atoms. The third kappa shape index (κ3) is 5.41. The van der Waals surface area contributed by atoms with Crippen molar-refractivity contribution in [3.63, 3.8) is 0 Å². The summed E-state index contributed by atoms with van der Waals surface area (Å²) in [7, 11) is 0. The molecule has 4 N–H and O–H groups in total. The monoisotopic (exact) mass is 550 g/mol. The molecule has 0 aromatic heterocycles. The largest absolute Gasteiger partial charge is 0.487 e. The number of aliphatic hydroxyl groups excluding tert-OH is 1. The topological polar surface area (TPSA) is 108 Å². The third-order valence-corrected chi connectivity index (χ3v) is 10.3. The van der Waals surface area contributed by atoms with Gasteiger partial charge in [0.1, 0.15) is 6.23 Å². The number of hydrogen-bond donors (Lipinski definition) is 4. The van der Waals surface area contributed by atoms with Crippen molar-refractivity contribution in [2.75, 3.05) is 6.54 Å². The van der Waals surface area contributed by atoms with Crippen molar-refractivity contribution in [2.45, 2.75) is 96.4 Å². The van der Waals surface area contributed by atoms with E-state index in [-0.39, 0.29) is 40.2 Å². The molecule has 5 rings (SSSR count). The summed E-state index contributed by atoms with van der Waals surface area (Å²) in [4.78, 5) is 24.8. The van der Waals surface area contributed by atoms with E-state index in [1.807, 2.05) is 0 Å². The normalized spacial score (nSPS) is 34.4. The van der Waals surface area contributed by atoms with E-state index in [9.17, 15) is 24.2 Å². The Hall–Kier alpha value is -1.90. The van der Waals surface area contributed by atoms with Crippen molar-refractivity contribution in [1.29, 1.82) is 0 Å². The van der Waals surface area contributed by atoms with Crippen LogP contribution in [-0.4, -0.2) is 40.8 Å². The van der Waals surface area contributed by atoms with Gasteiger partial charge in [-0.1, -0.05) is 24.9 Å². The first-order valence-corrected chi connectivity index (χ1v) is 14.5. The number of aliphatic hydroxyl groups is 1. The number of ether oxygens (including phenoxy) is 1. The molecular formula is C29H40ClFN2O5. The van der Waals surface area contributed by atoms with Gasteiger partial charge in [0.05, 0.1) is 22.5 Å². The van der Waals surface area contributed by atoms with Crippen molar-refractivity contribution in [3.8, 4) is 5.75 Å². The number of hydrogen-bond acceptors (Lipinski definition) is 5. The fourth-order valence-electron chi connectivity index (χ4n) is 7.14. The summed E-state index contributed by atoms with van der Waals surface area (Å²) in [6.45, 7) is 4.63. The summed E-state index contributed by atoms with van der Waals surface area (Å²) in [6.07, 6.45) is 6.89. The predicted molar refractivity (Wildman–Crippen MR) is 141 cm³/mol. The van der Waals surface area contributed by atoms with Crippen molar-refractivity contribution in [3.05, 3.63) is 28.5 Å². The minimum absolute atomic E-state index is 0.00911. The molecular weight excluding hydrogens is 511 g/mol. The smallest absolute Gasteiger partial charge is 0.309 e. The molecule has 9 heteroatoms. The lowest BCUT2D eigenvalue weighted by Gasteiger charge is -2.39. The van der Waals surface area contributed by atoms with Gasteiger partial charge in [0.2, 0.25) is 5.91 Å². The molecule has 1 aromatic rings. The Bertz CT molecular complexity index is 1070. The average Bonchev–Trinajstić information content (AvgIpc) is 3.46. The number of carbonyl (C=O) groups excluding carboxylic acids is 1. The third-order valence-electron chi connectivity index (χ3n) is 10.0. The fraction of sp³-hybridized carbons (Fsp3) is 0.724. The number of carboxylic acid groups (broad SMARTS) is 1. The van der Waals surface area contributed by atoms with Crippen LogP contribution in [0.2, 0.25) is 5.02 Å². The number of nitrogens with one attached hydrogen (secondary N) is 2. The molecule has 0 heterocycles. The van der Waals surface area contributed by atoms with Crippen LogP contribution in [0.15, 0.2) is 12.1 Å². The van der Waals surface area contributed by atoms with Crippen LogP contribution in [-0.2, 0) is 9.59 Å². The molecule has 0 aliphatic heterocycles. The van der Waals surface area contributed by atoms with Crippen LogP contribution in [0.1, 0.15) is 89.8 Å². The Morgan fingerprint density at radius 2 is 1.82 bits per heavy atom. The lowest BCUT2D eigenvalue weighted by atomic mass is 9.70. The fourth-order valence-corrected chi connectivity index (χ4v) is 7.39.